The molecule has 0 aromatic rings. The summed E-state index contributed by atoms with van der Waals surface area (Å²) in [7, 11) is 0. The molecule has 2 aliphatic heterocycles. The van der Waals surface area contributed by atoms with E-state index < -0.39 is 86.8 Å². The first-order valence-corrected chi connectivity index (χ1v) is 29.4. The molecule has 0 aliphatic carbocycles. The zero-order valence-electron chi connectivity index (χ0n) is 45.6. The molecular formula is C59H107NO13. The fourth-order valence-electron chi connectivity index (χ4n) is 9.54. The molecule has 2 rings (SSSR count). The van der Waals surface area contributed by atoms with Gasteiger partial charge >= 0.3 is 0 Å². The van der Waals surface area contributed by atoms with Crippen LogP contribution in [0.25, 0.3) is 0 Å². The van der Waals surface area contributed by atoms with Crippen LogP contribution in [0.1, 0.15) is 226 Å². The van der Waals surface area contributed by atoms with Gasteiger partial charge in [0, 0.05) is 6.42 Å². The second-order valence-corrected chi connectivity index (χ2v) is 20.7. The lowest BCUT2D eigenvalue weighted by Crippen LogP contribution is -2.65. The molecule has 12 atom stereocenters. The van der Waals surface area contributed by atoms with Crippen molar-refractivity contribution in [2.45, 2.75) is 299 Å². The van der Waals surface area contributed by atoms with E-state index in [9.17, 15) is 45.6 Å². The van der Waals surface area contributed by atoms with Crippen LogP contribution in [0.3, 0.4) is 0 Å². The number of hydrogen-bond donors (Lipinski definition) is 9. The van der Waals surface area contributed by atoms with E-state index >= 15 is 0 Å². The average Bonchev–Trinajstić information content (AvgIpc) is 3.39. The lowest BCUT2D eigenvalue weighted by atomic mass is 9.97. The molecule has 0 bridgehead atoms. The Bertz CT molecular complexity index is 1410. The van der Waals surface area contributed by atoms with Gasteiger partial charge in [0.2, 0.25) is 5.91 Å². The van der Waals surface area contributed by atoms with Crippen LogP contribution < -0.4 is 5.32 Å². The summed E-state index contributed by atoms with van der Waals surface area (Å²) in [6, 6.07) is -0.931. The van der Waals surface area contributed by atoms with Crippen molar-refractivity contribution in [2.24, 2.45) is 0 Å². The average molecular weight is 1040 g/mol. The molecule has 14 heteroatoms. The van der Waals surface area contributed by atoms with Gasteiger partial charge in [0.25, 0.3) is 0 Å². The lowest BCUT2D eigenvalue weighted by molar-refractivity contribution is -0.359. The molecule has 0 aromatic carbocycles. The van der Waals surface area contributed by atoms with Crippen LogP contribution in [0.15, 0.2) is 48.6 Å². The van der Waals surface area contributed by atoms with Crippen molar-refractivity contribution in [3.05, 3.63) is 48.6 Å². The molecule has 0 radical (unpaired) electrons. The van der Waals surface area contributed by atoms with Crippen molar-refractivity contribution in [1.82, 2.24) is 5.32 Å². The SMILES string of the molecule is CC/C=C\C/C=C\C/C=C\CCCCCC(=O)NC(COC1OC(CO)C(OC2OC(CO)C(O)C(O)C2O)C(O)C1O)C(O)/C=C/CCCCCCCCCCCCCCCCCCCCCCCCCC. The van der Waals surface area contributed by atoms with Crippen LogP contribution in [0.4, 0.5) is 0 Å². The Labute approximate surface area is 442 Å². The second-order valence-electron chi connectivity index (χ2n) is 20.7. The first-order valence-electron chi connectivity index (χ1n) is 29.4. The van der Waals surface area contributed by atoms with Crippen LogP contribution in [-0.2, 0) is 23.7 Å². The number of rotatable bonds is 46. The highest BCUT2D eigenvalue weighted by molar-refractivity contribution is 5.76. The molecule has 14 nitrogen and oxygen atoms in total. The van der Waals surface area contributed by atoms with E-state index in [0.29, 0.717) is 6.42 Å². The summed E-state index contributed by atoms with van der Waals surface area (Å²) in [4.78, 5) is 13.2. The maximum atomic E-state index is 13.2. The number of aliphatic hydroxyl groups excluding tert-OH is 8. The maximum Gasteiger partial charge on any atom is 0.220 e. The topological polar surface area (TPSA) is 228 Å². The van der Waals surface area contributed by atoms with Gasteiger partial charge in [-0.1, -0.05) is 217 Å². The largest absolute Gasteiger partial charge is 0.394 e. The third-order valence-corrected chi connectivity index (χ3v) is 14.3. The quantitative estimate of drug-likeness (QED) is 0.0205. The summed E-state index contributed by atoms with van der Waals surface area (Å²) in [5, 5.41) is 86.9. The van der Waals surface area contributed by atoms with Crippen molar-refractivity contribution in [2.75, 3.05) is 19.8 Å². The van der Waals surface area contributed by atoms with Gasteiger partial charge in [0.05, 0.1) is 32.0 Å². The predicted octanol–water partition coefficient (Wildman–Crippen LogP) is 9.61. The normalized spacial score (nSPS) is 25.7. The molecule has 0 spiro atoms. The van der Waals surface area contributed by atoms with Gasteiger partial charge in [-0.2, -0.15) is 0 Å². The van der Waals surface area contributed by atoms with E-state index in [-0.39, 0.29) is 18.9 Å². The van der Waals surface area contributed by atoms with Crippen molar-refractivity contribution in [3.8, 4) is 0 Å². The molecule has 2 saturated heterocycles. The van der Waals surface area contributed by atoms with Gasteiger partial charge in [0.15, 0.2) is 12.6 Å². The van der Waals surface area contributed by atoms with E-state index in [2.05, 4.69) is 55.6 Å². The molecule has 9 N–H and O–H groups in total. The first-order chi connectivity index (χ1) is 35.6. The van der Waals surface area contributed by atoms with Gasteiger partial charge in [-0.3, -0.25) is 4.79 Å². The molecule has 2 heterocycles. The Kier molecular flexibility index (Phi) is 41.4. The van der Waals surface area contributed by atoms with E-state index in [1.165, 1.54) is 141 Å². The zero-order valence-corrected chi connectivity index (χ0v) is 45.6. The van der Waals surface area contributed by atoms with Gasteiger partial charge in [-0.25, -0.2) is 0 Å². The third-order valence-electron chi connectivity index (χ3n) is 14.3. The molecule has 2 fully saturated rings. The van der Waals surface area contributed by atoms with E-state index in [1.54, 1.807) is 6.08 Å². The van der Waals surface area contributed by atoms with Gasteiger partial charge in [-0.05, 0) is 51.4 Å². The summed E-state index contributed by atoms with van der Waals surface area (Å²) >= 11 is 0. The first kappa shape index (κ1) is 67.1. The zero-order chi connectivity index (χ0) is 53.2. The number of hydrogen-bond acceptors (Lipinski definition) is 13. The van der Waals surface area contributed by atoms with Crippen molar-refractivity contribution in [3.63, 3.8) is 0 Å². The summed E-state index contributed by atoms with van der Waals surface area (Å²) in [6.07, 6.45) is 38.8. The number of nitrogens with one attached hydrogen (secondary N) is 1. The molecule has 1 amide bonds. The lowest BCUT2D eigenvalue weighted by Gasteiger charge is -2.46. The molecule has 2 aliphatic rings. The van der Waals surface area contributed by atoms with Crippen molar-refractivity contribution >= 4 is 5.91 Å². The predicted molar refractivity (Wildman–Crippen MR) is 291 cm³/mol. The van der Waals surface area contributed by atoms with Crippen LogP contribution in [-0.4, -0.2) is 140 Å². The highest BCUT2D eigenvalue weighted by atomic mass is 16.7. The van der Waals surface area contributed by atoms with Gasteiger partial charge < -0.3 is 65.1 Å². The monoisotopic (exact) mass is 1040 g/mol. The smallest absolute Gasteiger partial charge is 0.220 e. The van der Waals surface area contributed by atoms with Crippen LogP contribution >= 0.6 is 0 Å². The van der Waals surface area contributed by atoms with Gasteiger partial charge in [0.1, 0.15) is 48.8 Å². The molecule has 0 aromatic heterocycles. The Hall–Kier alpha value is -2.05. The summed E-state index contributed by atoms with van der Waals surface area (Å²) in [5.74, 6) is -0.268. The van der Waals surface area contributed by atoms with Crippen LogP contribution in [0.5, 0.6) is 0 Å². The molecule has 426 valence electrons. The number of allylic oxidation sites excluding steroid dienone is 7. The summed E-state index contributed by atoms with van der Waals surface area (Å²) < 4.78 is 22.7. The van der Waals surface area contributed by atoms with Gasteiger partial charge in [-0.15, -0.1) is 0 Å². The minimum absolute atomic E-state index is 0.245. The molecule has 73 heavy (non-hydrogen) atoms. The maximum absolute atomic E-state index is 13.2. The number of ether oxygens (including phenoxy) is 4. The highest BCUT2D eigenvalue weighted by Gasteiger charge is 2.51. The number of carbonyl (C=O) groups is 1. The van der Waals surface area contributed by atoms with E-state index in [0.717, 1.165) is 57.8 Å². The van der Waals surface area contributed by atoms with Crippen molar-refractivity contribution < 1.29 is 64.6 Å². The van der Waals surface area contributed by atoms with Crippen LogP contribution in [0, 0.1) is 0 Å². The fraction of sp³-hybridized carbons (Fsp3) is 0.847. The molecular weight excluding hydrogens is 931 g/mol. The highest BCUT2D eigenvalue weighted by Crippen LogP contribution is 2.30. The Morgan fingerprint density at radius 3 is 1.45 bits per heavy atom. The van der Waals surface area contributed by atoms with E-state index in [1.807, 2.05) is 6.08 Å². The second kappa shape index (κ2) is 45.0. The molecule has 12 unspecified atom stereocenters. The third kappa shape index (κ3) is 31.1. The standard InChI is InChI=1S/C59H107NO13/c1-3-5-7-9-11-13-15-17-18-19-20-21-22-23-24-25-26-27-28-29-31-32-34-36-38-40-42-48(63)47(60-51(64)43-41-39-37-35-33-30-16-14-12-10-8-6-4-2)46-70-58-56(69)54(67)57(50(45-62)72-58)73-59-55(68)53(66)52(65)49(44-61)71-59/h6,8,12,14,30,33,40,42,47-50,52-59,61-63,65-69H,3-5,7,9-11,13,15-29,31-32,34-39,41,43-46H2,1-2H3,(H,60,64)/b8-6-,14-12-,33-30-,42-40+. The molecule has 0 saturated carbocycles. The van der Waals surface area contributed by atoms with Crippen LogP contribution in [0.2, 0.25) is 0 Å². The minimum Gasteiger partial charge on any atom is -0.394 e. The summed E-state index contributed by atoms with van der Waals surface area (Å²) in [5.41, 5.74) is 0. The fourth-order valence-corrected chi connectivity index (χ4v) is 9.54. The Morgan fingerprint density at radius 1 is 0.507 bits per heavy atom. The number of amides is 1. The number of aliphatic hydroxyl groups is 8. The number of unbranched alkanes of at least 4 members (excludes halogenated alkanes) is 27. The van der Waals surface area contributed by atoms with E-state index in [4.69, 9.17) is 18.9 Å². The van der Waals surface area contributed by atoms with Crippen molar-refractivity contribution in [1.29, 1.82) is 0 Å². The Balaban J connectivity index is 1.74. The minimum atomic E-state index is -1.79. The number of carbonyl (C=O) groups excluding carboxylic acids is 1. The summed E-state index contributed by atoms with van der Waals surface area (Å²) in [6.45, 7) is 2.66. The Morgan fingerprint density at radius 2 is 0.945 bits per heavy atom.